The first-order valence-corrected chi connectivity index (χ1v) is 8.95. The highest BCUT2D eigenvalue weighted by Crippen LogP contribution is 2.22. The fourth-order valence-electron chi connectivity index (χ4n) is 2.62. The van der Waals surface area contributed by atoms with Crippen LogP contribution in [0.2, 0.25) is 0 Å². The number of amides is 1. The number of hydrogen-bond acceptors (Lipinski definition) is 3. The summed E-state index contributed by atoms with van der Waals surface area (Å²) in [5.41, 5.74) is 2.04. The van der Waals surface area contributed by atoms with Crippen LogP contribution in [0.5, 0.6) is 0 Å². The van der Waals surface area contributed by atoms with Crippen molar-refractivity contribution in [2.75, 3.05) is 33.2 Å². The van der Waals surface area contributed by atoms with Crippen LogP contribution in [0.1, 0.15) is 15.9 Å². The fourth-order valence-corrected chi connectivity index (χ4v) is 3.49. The van der Waals surface area contributed by atoms with Crippen molar-refractivity contribution in [2.24, 2.45) is 0 Å². The Balaban J connectivity index is 1.57. The molecule has 3 nitrogen and oxygen atoms in total. The van der Waals surface area contributed by atoms with Gasteiger partial charge in [-0.3, -0.25) is 4.79 Å². The number of carbonyl (C=O) groups is 1. The van der Waals surface area contributed by atoms with Gasteiger partial charge in [0.2, 0.25) is 0 Å². The van der Waals surface area contributed by atoms with Crippen molar-refractivity contribution in [1.29, 1.82) is 0 Å². The van der Waals surface area contributed by atoms with Gasteiger partial charge in [-0.15, -0.1) is 11.8 Å². The maximum absolute atomic E-state index is 12.5. The second-order valence-electron chi connectivity index (χ2n) is 5.89. The SMILES string of the molecule is CN1CCN(C(=O)c2ccc(CSc3ccccc3)cc2)CC1. The van der Waals surface area contributed by atoms with Crippen molar-refractivity contribution >= 4 is 17.7 Å². The molecule has 120 valence electrons. The molecule has 0 atom stereocenters. The average Bonchev–Trinajstić information content (AvgIpc) is 2.61. The van der Waals surface area contributed by atoms with E-state index in [1.807, 2.05) is 34.9 Å². The molecule has 0 aromatic heterocycles. The van der Waals surface area contributed by atoms with Crippen molar-refractivity contribution in [3.8, 4) is 0 Å². The molecule has 1 fully saturated rings. The topological polar surface area (TPSA) is 23.6 Å². The van der Waals surface area contributed by atoms with Gasteiger partial charge in [0.15, 0.2) is 0 Å². The van der Waals surface area contributed by atoms with Gasteiger partial charge in [-0.05, 0) is 36.9 Å². The molecular formula is C19H22N2OS. The lowest BCUT2D eigenvalue weighted by Crippen LogP contribution is -2.47. The molecule has 0 aliphatic carbocycles. The first-order chi connectivity index (χ1) is 11.2. The average molecular weight is 326 g/mol. The first kappa shape index (κ1) is 16.1. The molecule has 0 spiro atoms. The smallest absolute Gasteiger partial charge is 0.253 e. The predicted molar refractivity (Wildman–Crippen MR) is 95.8 cm³/mol. The van der Waals surface area contributed by atoms with E-state index in [1.54, 1.807) is 0 Å². The van der Waals surface area contributed by atoms with Crippen LogP contribution >= 0.6 is 11.8 Å². The third-order valence-electron chi connectivity index (χ3n) is 4.14. The lowest BCUT2D eigenvalue weighted by atomic mass is 10.1. The standard InChI is InChI=1S/C19H22N2OS/c1-20-11-13-21(14-12-20)19(22)17-9-7-16(8-10-17)15-23-18-5-3-2-4-6-18/h2-10H,11-15H2,1H3. The quantitative estimate of drug-likeness (QED) is 0.805. The van der Waals surface area contributed by atoms with Crippen LogP contribution in [0, 0.1) is 0 Å². The van der Waals surface area contributed by atoms with E-state index in [0.717, 1.165) is 37.5 Å². The molecule has 1 aliphatic rings. The van der Waals surface area contributed by atoms with Crippen LogP contribution in [0.25, 0.3) is 0 Å². The van der Waals surface area contributed by atoms with Crippen LogP contribution < -0.4 is 0 Å². The van der Waals surface area contributed by atoms with Gasteiger partial charge >= 0.3 is 0 Å². The van der Waals surface area contributed by atoms with E-state index < -0.39 is 0 Å². The molecule has 1 saturated heterocycles. The van der Waals surface area contributed by atoms with E-state index in [9.17, 15) is 4.79 Å². The molecular weight excluding hydrogens is 304 g/mol. The normalized spacial score (nSPS) is 15.6. The van der Waals surface area contributed by atoms with Crippen molar-refractivity contribution in [1.82, 2.24) is 9.80 Å². The van der Waals surface area contributed by atoms with Gasteiger partial charge in [0, 0.05) is 42.4 Å². The second kappa shape index (κ2) is 7.66. The highest BCUT2D eigenvalue weighted by atomic mass is 32.2. The van der Waals surface area contributed by atoms with E-state index in [0.29, 0.717) is 0 Å². The lowest BCUT2D eigenvalue weighted by Gasteiger charge is -2.32. The van der Waals surface area contributed by atoms with E-state index in [2.05, 4.69) is 48.3 Å². The summed E-state index contributed by atoms with van der Waals surface area (Å²) in [6.07, 6.45) is 0. The molecule has 0 saturated carbocycles. The summed E-state index contributed by atoms with van der Waals surface area (Å²) >= 11 is 1.82. The molecule has 1 amide bonds. The Bertz CT molecular complexity index is 634. The molecule has 4 heteroatoms. The van der Waals surface area contributed by atoms with Crippen molar-refractivity contribution < 1.29 is 4.79 Å². The Kier molecular flexibility index (Phi) is 5.36. The van der Waals surface area contributed by atoms with Gasteiger partial charge in [0.05, 0.1) is 0 Å². The summed E-state index contributed by atoms with van der Waals surface area (Å²) < 4.78 is 0. The molecule has 3 rings (SSSR count). The molecule has 0 N–H and O–H groups in total. The second-order valence-corrected chi connectivity index (χ2v) is 6.94. The zero-order chi connectivity index (χ0) is 16.1. The van der Waals surface area contributed by atoms with Gasteiger partial charge < -0.3 is 9.80 Å². The number of rotatable bonds is 4. The van der Waals surface area contributed by atoms with Gasteiger partial charge in [0.1, 0.15) is 0 Å². The highest BCUT2D eigenvalue weighted by molar-refractivity contribution is 7.98. The molecule has 2 aromatic carbocycles. The monoisotopic (exact) mass is 326 g/mol. The Morgan fingerprint density at radius 3 is 2.26 bits per heavy atom. The lowest BCUT2D eigenvalue weighted by molar-refractivity contribution is 0.0664. The summed E-state index contributed by atoms with van der Waals surface area (Å²) in [5, 5.41) is 0. The number of piperazine rings is 1. The van der Waals surface area contributed by atoms with Crippen molar-refractivity contribution in [2.45, 2.75) is 10.6 Å². The van der Waals surface area contributed by atoms with Gasteiger partial charge in [0.25, 0.3) is 5.91 Å². The Hall–Kier alpha value is -1.78. The number of carbonyl (C=O) groups excluding carboxylic acids is 1. The third-order valence-corrected chi connectivity index (χ3v) is 5.22. The van der Waals surface area contributed by atoms with Crippen molar-refractivity contribution in [3.63, 3.8) is 0 Å². The zero-order valence-electron chi connectivity index (χ0n) is 13.4. The number of nitrogens with zero attached hydrogens (tertiary/aromatic N) is 2. The highest BCUT2D eigenvalue weighted by Gasteiger charge is 2.20. The Morgan fingerprint density at radius 1 is 0.957 bits per heavy atom. The molecule has 1 aliphatic heterocycles. The predicted octanol–water partition coefficient (Wildman–Crippen LogP) is 3.37. The summed E-state index contributed by atoms with van der Waals surface area (Å²) in [6, 6.07) is 18.4. The third kappa shape index (κ3) is 4.36. The number of hydrogen-bond donors (Lipinski definition) is 0. The van der Waals surface area contributed by atoms with Gasteiger partial charge in [-0.25, -0.2) is 0 Å². The van der Waals surface area contributed by atoms with Crippen LogP contribution in [0.4, 0.5) is 0 Å². The summed E-state index contributed by atoms with van der Waals surface area (Å²) in [7, 11) is 2.10. The minimum Gasteiger partial charge on any atom is -0.336 e. The van der Waals surface area contributed by atoms with Crippen LogP contribution in [0.3, 0.4) is 0 Å². The molecule has 23 heavy (non-hydrogen) atoms. The summed E-state index contributed by atoms with van der Waals surface area (Å²) in [5.74, 6) is 1.08. The van der Waals surface area contributed by atoms with E-state index >= 15 is 0 Å². The van der Waals surface area contributed by atoms with Gasteiger partial charge in [-0.1, -0.05) is 30.3 Å². The Morgan fingerprint density at radius 2 is 1.61 bits per heavy atom. The van der Waals surface area contributed by atoms with E-state index in [1.165, 1.54) is 10.5 Å². The largest absolute Gasteiger partial charge is 0.336 e. The molecule has 2 aromatic rings. The minimum atomic E-state index is 0.153. The van der Waals surface area contributed by atoms with Crippen LogP contribution in [-0.2, 0) is 5.75 Å². The maximum Gasteiger partial charge on any atom is 0.253 e. The number of likely N-dealkylation sites (N-methyl/N-ethyl adjacent to an activating group) is 1. The molecule has 0 radical (unpaired) electrons. The summed E-state index contributed by atoms with van der Waals surface area (Å²) in [4.78, 5) is 18.0. The van der Waals surface area contributed by atoms with Crippen LogP contribution in [-0.4, -0.2) is 48.9 Å². The van der Waals surface area contributed by atoms with Gasteiger partial charge in [-0.2, -0.15) is 0 Å². The summed E-state index contributed by atoms with van der Waals surface area (Å²) in [6.45, 7) is 3.55. The zero-order valence-corrected chi connectivity index (χ0v) is 14.3. The molecule has 0 unspecified atom stereocenters. The number of benzene rings is 2. The van der Waals surface area contributed by atoms with Crippen LogP contribution in [0.15, 0.2) is 59.5 Å². The maximum atomic E-state index is 12.5. The van der Waals surface area contributed by atoms with E-state index in [-0.39, 0.29) is 5.91 Å². The number of thioether (sulfide) groups is 1. The first-order valence-electron chi connectivity index (χ1n) is 7.97. The Labute approximate surface area is 142 Å². The van der Waals surface area contributed by atoms with E-state index in [4.69, 9.17) is 0 Å². The molecule has 1 heterocycles. The molecule has 0 bridgehead atoms. The van der Waals surface area contributed by atoms with Crippen molar-refractivity contribution in [3.05, 3.63) is 65.7 Å². The fraction of sp³-hybridized carbons (Fsp3) is 0.316. The minimum absolute atomic E-state index is 0.153.